The maximum atomic E-state index is 12.0. The molecule has 20 heavy (non-hydrogen) atoms. The molecular weight excluding hydrogens is 322 g/mol. The topological polar surface area (TPSA) is 89.0 Å². The van der Waals surface area contributed by atoms with Crippen LogP contribution in [-0.4, -0.2) is 24.3 Å². The summed E-state index contributed by atoms with van der Waals surface area (Å²) in [7, 11) is 1.41. The SMILES string of the molecule is Cc1cccnc1C(=O)Nc1nc(C)c(S(=O)(=O)Cl)s1. The first-order valence-electron chi connectivity index (χ1n) is 5.44. The molecule has 0 atom stereocenters. The standard InChI is InChI=1S/C11H10ClN3O3S2/c1-6-4-3-5-13-8(6)9(16)15-11-14-7(2)10(19-11)20(12,17)18/h3-5H,1-2H3,(H,14,15,16). The van der Waals surface area contributed by atoms with Crippen molar-refractivity contribution in [1.82, 2.24) is 9.97 Å². The quantitative estimate of drug-likeness (QED) is 0.872. The zero-order valence-electron chi connectivity index (χ0n) is 10.5. The maximum Gasteiger partial charge on any atom is 0.276 e. The highest BCUT2D eigenvalue weighted by atomic mass is 35.7. The van der Waals surface area contributed by atoms with Gasteiger partial charge in [-0.15, -0.1) is 0 Å². The van der Waals surface area contributed by atoms with Crippen molar-refractivity contribution < 1.29 is 13.2 Å². The first kappa shape index (κ1) is 14.9. The molecule has 2 rings (SSSR count). The monoisotopic (exact) mass is 331 g/mol. The predicted octanol–water partition coefficient (Wildman–Crippen LogP) is 2.33. The molecule has 0 bridgehead atoms. The first-order valence-corrected chi connectivity index (χ1v) is 8.56. The third-order valence-electron chi connectivity index (χ3n) is 2.42. The van der Waals surface area contributed by atoms with Crippen LogP contribution in [0.5, 0.6) is 0 Å². The number of aryl methyl sites for hydroxylation is 2. The van der Waals surface area contributed by atoms with Gasteiger partial charge < -0.3 is 0 Å². The average Bonchev–Trinajstić information content (AvgIpc) is 2.70. The number of thiazole rings is 1. The molecule has 0 aromatic carbocycles. The van der Waals surface area contributed by atoms with Crippen LogP contribution in [-0.2, 0) is 9.05 Å². The Morgan fingerprint density at radius 3 is 2.65 bits per heavy atom. The molecule has 6 nitrogen and oxygen atoms in total. The molecule has 0 fully saturated rings. The Bertz CT molecular complexity index is 771. The van der Waals surface area contributed by atoms with Crippen LogP contribution in [0.2, 0.25) is 0 Å². The zero-order chi connectivity index (χ0) is 14.9. The van der Waals surface area contributed by atoms with E-state index in [4.69, 9.17) is 10.7 Å². The summed E-state index contributed by atoms with van der Waals surface area (Å²) in [6.45, 7) is 3.26. The number of carbonyl (C=O) groups is 1. The summed E-state index contributed by atoms with van der Waals surface area (Å²) in [5, 5.41) is 2.68. The molecule has 0 spiro atoms. The molecule has 2 aromatic heterocycles. The van der Waals surface area contributed by atoms with Crippen LogP contribution in [0.15, 0.2) is 22.5 Å². The number of halogens is 1. The average molecular weight is 332 g/mol. The number of pyridine rings is 1. The van der Waals surface area contributed by atoms with Gasteiger partial charge in [0.05, 0.1) is 5.69 Å². The molecule has 106 valence electrons. The van der Waals surface area contributed by atoms with E-state index in [2.05, 4.69) is 15.3 Å². The smallest absolute Gasteiger partial charge is 0.276 e. The summed E-state index contributed by atoms with van der Waals surface area (Å²) in [5.74, 6) is -0.449. The van der Waals surface area contributed by atoms with Gasteiger partial charge in [0.2, 0.25) is 0 Å². The Kier molecular flexibility index (Phi) is 4.07. The normalized spacial score (nSPS) is 11.3. The van der Waals surface area contributed by atoms with Gasteiger partial charge in [0.15, 0.2) is 9.34 Å². The molecule has 2 heterocycles. The summed E-state index contributed by atoms with van der Waals surface area (Å²) >= 11 is 0.805. The van der Waals surface area contributed by atoms with E-state index in [0.717, 1.165) is 11.3 Å². The molecule has 9 heteroatoms. The third kappa shape index (κ3) is 3.14. The third-order valence-corrected chi connectivity index (χ3v) is 5.67. The predicted molar refractivity (Wildman–Crippen MR) is 76.8 cm³/mol. The molecule has 0 saturated carbocycles. The van der Waals surface area contributed by atoms with Crippen molar-refractivity contribution in [3.8, 4) is 0 Å². The number of hydrogen-bond donors (Lipinski definition) is 1. The van der Waals surface area contributed by atoms with Gasteiger partial charge in [-0.2, -0.15) is 0 Å². The lowest BCUT2D eigenvalue weighted by Gasteiger charge is -2.03. The molecule has 1 amide bonds. The van der Waals surface area contributed by atoms with Gasteiger partial charge in [-0.05, 0) is 25.5 Å². The summed E-state index contributed by atoms with van der Waals surface area (Å²) in [6.07, 6.45) is 1.50. The van der Waals surface area contributed by atoms with E-state index in [9.17, 15) is 13.2 Å². The summed E-state index contributed by atoms with van der Waals surface area (Å²) < 4.78 is 22.5. The van der Waals surface area contributed by atoms with Crippen molar-refractivity contribution in [1.29, 1.82) is 0 Å². The van der Waals surface area contributed by atoms with Crippen LogP contribution < -0.4 is 5.32 Å². The fraction of sp³-hybridized carbons (Fsp3) is 0.182. The lowest BCUT2D eigenvalue weighted by molar-refractivity contribution is 0.102. The molecule has 0 saturated heterocycles. The molecule has 0 unspecified atom stereocenters. The number of aromatic nitrogens is 2. The van der Waals surface area contributed by atoms with Crippen LogP contribution in [0.4, 0.5) is 5.13 Å². The zero-order valence-corrected chi connectivity index (χ0v) is 12.9. The summed E-state index contributed by atoms with van der Waals surface area (Å²) in [5.41, 5.74) is 1.22. The van der Waals surface area contributed by atoms with Gasteiger partial charge in [-0.1, -0.05) is 17.4 Å². The summed E-state index contributed by atoms with van der Waals surface area (Å²) in [6, 6.07) is 3.47. The van der Waals surface area contributed by atoms with E-state index in [1.54, 1.807) is 19.1 Å². The van der Waals surface area contributed by atoms with Crippen molar-refractivity contribution in [2.75, 3.05) is 5.32 Å². The highest BCUT2D eigenvalue weighted by Crippen LogP contribution is 2.29. The van der Waals surface area contributed by atoms with Crippen LogP contribution in [0.1, 0.15) is 21.7 Å². The lowest BCUT2D eigenvalue weighted by atomic mass is 10.2. The molecule has 0 aliphatic carbocycles. The second-order valence-corrected chi connectivity index (χ2v) is 7.71. The van der Waals surface area contributed by atoms with Crippen molar-refractivity contribution in [3.63, 3.8) is 0 Å². The Labute approximate surface area is 124 Å². The number of anilines is 1. The largest absolute Gasteiger partial charge is 0.296 e. The Hall–Kier alpha value is -1.51. The first-order chi connectivity index (χ1) is 9.29. The Morgan fingerprint density at radius 1 is 1.40 bits per heavy atom. The fourth-order valence-corrected chi connectivity index (χ4v) is 3.89. The van der Waals surface area contributed by atoms with E-state index in [1.807, 2.05) is 0 Å². The number of amides is 1. The van der Waals surface area contributed by atoms with Crippen LogP contribution in [0.25, 0.3) is 0 Å². The maximum absolute atomic E-state index is 12.0. The second-order valence-electron chi connectivity index (χ2n) is 3.95. The van der Waals surface area contributed by atoms with Gasteiger partial charge in [0, 0.05) is 16.9 Å². The molecular formula is C11H10ClN3O3S2. The Morgan fingerprint density at radius 2 is 2.10 bits per heavy atom. The Balaban J connectivity index is 2.28. The van der Waals surface area contributed by atoms with E-state index in [-0.39, 0.29) is 20.7 Å². The van der Waals surface area contributed by atoms with Crippen molar-refractivity contribution in [3.05, 3.63) is 35.3 Å². The second kappa shape index (κ2) is 5.47. The number of nitrogens with one attached hydrogen (secondary N) is 1. The molecule has 0 aliphatic rings. The fourth-order valence-electron chi connectivity index (χ4n) is 1.54. The van der Waals surface area contributed by atoms with Crippen LogP contribution in [0.3, 0.4) is 0 Å². The van der Waals surface area contributed by atoms with Crippen molar-refractivity contribution in [2.45, 2.75) is 18.1 Å². The van der Waals surface area contributed by atoms with Crippen molar-refractivity contribution in [2.24, 2.45) is 0 Å². The number of hydrogen-bond acceptors (Lipinski definition) is 6. The van der Waals surface area contributed by atoms with E-state index in [0.29, 0.717) is 5.56 Å². The van der Waals surface area contributed by atoms with Crippen LogP contribution in [0, 0.1) is 13.8 Å². The number of rotatable bonds is 3. The van der Waals surface area contributed by atoms with Crippen molar-refractivity contribution >= 4 is 42.1 Å². The number of nitrogens with zero attached hydrogens (tertiary/aromatic N) is 2. The van der Waals surface area contributed by atoms with E-state index >= 15 is 0 Å². The minimum absolute atomic E-state index is 0.0767. The van der Waals surface area contributed by atoms with Crippen LogP contribution >= 0.6 is 22.0 Å². The lowest BCUT2D eigenvalue weighted by Crippen LogP contribution is -2.14. The highest BCUT2D eigenvalue weighted by Gasteiger charge is 2.21. The molecule has 0 aliphatic heterocycles. The van der Waals surface area contributed by atoms with Gasteiger partial charge in [-0.3, -0.25) is 15.1 Å². The number of carbonyl (C=O) groups excluding carboxylic acids is 1. The van der Waals surface area contributed by atoms with Gasteiger partial charge in [0.1, 0.15) is 5.69 Å². The van der Waals surface area contributed by atoms with Gasteiger partial charge in [-0.25, -0.2) is 13.4 Å². The van der Waals surface area contributed by atoms with Gasteiger partial charge in [0.25, 0.3) is 15.0 Å². The molecule has 1 N–H and O–H groups in total. The highest BCUT2D eigenvalue weighted by molar-refractivity contribution is 8.15. The molecule has 2 aromatic rings. The minimum atomic E-state index is -3.86. The molecule has 0 radical (unpaired) electrons. The summed E-state index contributed by atoms with van der Waals surface area (Å²) in [4.78, 5) is 20.0. The minimum Gasteiger partial charge on any atom is -0.296 e. The van der Waals surface area contributed by atoms with Gasteiger partial charge >= 0.3 is 0 Å². The van der Waals surface area contributed by atoms with E-state index < -0.39 is 15.0 Å². The van der Waals surface area contributed by atoms with E-state index in [1.165, 1.54) is 13.1 Å².